The summed E-state index contributed by atoms with van der Waals surface area (Å²) in [6.07, 6.45) is -5.72. The molecule has 0 saturated carbocycles. The van der Waals surface area contributed by atoms with E-state index in [-0.39, 0.29) is 27.6 Å². The first-order valence-electron chi connectivity index (χ1n) is 4.82. The molecule has 0 aromatic carbocycles. The van der Waals surface area contributed by atoms with Gasteiger partial charge in [-0.2, -0.15) is 13.2 Å². The van der Waals surface area contributed by atoms with E-state index in [1.165, 1.54) is 0 Å². The normalized spacial score (nSPS) is 12.7. The largest absolute Gasteiger partial charge is 0.445 e. The number of rotatable bonds is 3. The van der Waals surface area contributed by atoms with E-state index >= 15 is 0 Å². The van der Waals surface area contributed by atoms with E-state index in [4.69, 9.17) is 11.6 Å². The molecule has 1 aromatic heterocycles. The summed E-state index contributed by atoms with van der Waals surface area (Å²) in [7, 11) is 0. The summed E-state index contributed by atoms with van der Waals surface area (Å²) in [6, 6.07) is 0. The highest BCUT2D eigenvalue weighted by Gasteiger charge is 2.35. The highest BCUT2D eigenvalue weighted by molar-refractivity contribution is 7.15. The number of carbonyl (C=O) groups is 1. The van der Waals surface area contributed by atoms with Gasteiger partial charge in [-0.05, 0) is 0 Å². The fourth-order valence-electron chi connectivity index (χ4n) is 0.689. The number of oxime groups is 1. The van der Waals surface area contributed by atoms with E-state index in [1.54, 1.807) is 13.8 Å². The maximum absolute atomic E-state index is 12.2. The molecule has 0 fully saturated rings. The SMILES string of the molecule is CC(C)C(Cl)=NOC(=O)Nc1nnc(C(F)(F)F)s1. The second kappa shape index (κ2) is 6.15. The minimum absolute atomic E-state index is 0.0448. The molecule has 106 valence electrons. The van der Waals surface area contributed by atoms with Crippen molar-refractivity contribution in [1.29, 1.82) is 0 Å². The van der Waals surface area contributed by atoms with Gasteiger partial charge in [0.2, 0.25) is 10.1 Å². The van der Waals surface area contributed by atoms with E-state index in [0.29, 0.717) is 0 Å². The Morgan fingerprint density at radius 2 is 2.11 bits per heavy atom. The maximum Gasteiger partial charge on any atom is 0.445 e. The lowest BCUT2D eigenvalue weighted by atomic mass is 10.2. The van der Waals surface area contributed by atoms with Crippen LogP contribution in [0, 0.1) is 5.92 Å². The lowest BCUT2D eigenvalue weighted by molar-refractivity contribution is -0.138. The fraction of sp³-hybridized carbons (Fsp3) is 0.500. The number of nitrogens with one attached hydrogen (secondary N) is 1. The van der Waals surface area contributed by atoms with Crippen LogP contribution in [0.1, 0.15) is 18.9 Å². The van der Waals surface area contributed by atoms with E-state index in [2.05, 4.69) is 20.2 Å². The average Bonchev–Trinajstić information content (AvgIpc) is 2.73. The summed E-state index contributed by atoms with van der Waals surface area (Å²) in [5.41, 5.74) is 0. The minimum Gasteiger partial charge on any atom is -0.297 e. The van der Waals surface area contributed by atoms with Gasteiger partial charge in [0, 0.05) is 5.92 Å². The summed E-state index contributed by atoms with van der Waals surface area (Å²) in [5, 5.41) is 9.76. The molecule has 1 amide bonds. The second-order valence-corrected chi connectivity index (χ2v) is 4.85. The van der Waals surface area contributed by atoms with Crippen molar-refractivity contribution in [3.63, 3.8) is 0 Å². The van der Waals surface area contributed by atoms with Gasteiger partial charge in [0.05, 0.1) is 0 Å². The molecule has 0 aliphatic carbocycles. The number of hydrogen-bond donors (Lipinski definition) is 1. The predicted molar refractivity (Wildman–Crippen MR) is 63.1 cm³/mol. The number of anilines is 1. The third-order valence-corrected chi connectivity index (χ3v) is 2.96. The molecule has 19 heavy (non-hydrogen) atoms. The first-order valence-corrected chi connectivity index (χ1v) is 6.01. The third-order valence-electron chi connectivity index (χ3n) is 1.57. The topological polar surface area (TPSA) is 76.5 Å². The molecule has 1 heterocycles. The summed E-state index contributed by atoms with van der Waals surface area (Å²) < 4.78 is 36.6. The van der Waals surface area contributed by atoms with E-state index < -0.39 is 17.3 Å². The van der Waals surface area contributed by atoms with Crippen LogP contribution < -0.4 is 5.32 Å². The molecule has 1 rings (SSSR count). The number of halogens is 4. The average molecular weight is 317 g/mol. The Morgan fingerprint density at radius 1 is 1.47 bits per heavy atom. The van der Waals surface area contributed by atoms with Gasteiger partial charge in [0.25, 0.3) is 0 Å². The van der Waals surface area contributed by atoms with Crippen molar-refractivity contribution < 1.29 is 22.8 Å². The molecule has 0 aliphatic heterocycles. The number of alkyl halides is 3. The molecule has 11 heteroatoms. The van der Waals surface area contributed by atoms with Gasteiger partial charge in [-0.1, -0.05) is 41.9 Å². The number of amides is 1. The Kier molecular flexibility index (Phi) is 5.06. The molecule has 0 saturated heterocycles. The molecule has 0 atom stereocenters. The monoisotopic (exact) mass is 316 g/mol. The molecule has 0 radical (unpaired) electrons. The van der Waals surface area contributed by atoms with E-state index in [9.17, 15) is 18.0 Å². The fourth-order valence-corrected chi connectivity index (χ4v) is 1.32. The zero-order chi connectivity index (χ0) is 14.6. The van der Waals surface area contributed by atoms with E-state index in [0.717, 1.165) is 0 Å². The van der Waals surface area contributed by atoms with E-state index in [1.807, 2.05) is 5.32 Å². The highest BCUT2D eigenvalue weighted by atomic mass is 35.5. The molecular formula is C8H8ClF3N4O2S. The minimum atomic E-state index is -4.61. The van der Waals surface area contributed by atoms with Crippen molar-refractivity contribution in [2.24, 2.45) is 11.1 Å². The van der Waals surface area contributed by atoms with Crippen LogP contribution in [0.15, 0.2) is 5.16 Å². The molecule has 1 N–H and O–H groups in total. The number of carbonyl (C=O) groups excluding carboxylic acids is 1. The Balaban J connectivity index is 2.59. The molecule has 0 aliphatic rings. The summed E-state index contributed by atoms with van der Waals surface area (Å²) in [4.78, 5) is 15.5. The lowest BCUT2D eigenvalue weighted by Gasteiger charge is -2.01. The standard InChI is InChI=1S/C8H8ClF3N4O2S/c1-3(2)4(9)16-18-7(17)13-6-15-14-5(19-6)8(10,11)12/h3H,1-2H3,(H,13,15,17). The first kappa shape index (κ1) is 15.6. The smallest absolute Gasteiger partial charge is 0.297 e. The third kappa shape index (κ3) is 4.99. The predicted octanol–water partition coefficient (Wildman–Crippen LogP) is 3.31. The number of hydrogen-bond acceptors (Lipinski definition) is 6. The van der Waals surface area contributed by atoms with Gasteiger partial charge < -0.3 is 0 Å². The van der Waals surface area contributed by atoms with Crippen LogP contribution in [0.5, 0.6) is 0 Å². The van der Waals surface area contributed by atoms with Crippen molar-refractivity contribution in [3.8, 4) is 0 Å². The van der Waals surface area contributed by atoms with Crippen LogP contribution in [0.25, 0.3) is 0 Å². The van der Waals surface area contributed by atoms with Gasteiger partial charge in [-0.15, -0.1) is 10.2 Å². The molecule has 0 unspecified atom stereocenters. The van der Waals surface area contributed by atoms with Gasteiger partial charge in [-0.3, -0.25) is 10.2 Å². The number of aromatic nitrogens is 2. The van der Waals surface area contributed by atoms with Crippen LogP contribution in [0.4, 0.5) is 23.1 Å². The van der Waals surface area contributed by atoms with Crippen molar-refractivity contribution in [2.45, 2.75) is 20.0 Å². The summed E-state index contributed by atoms with van der Waals surface area (Å²) in [6.45, 7) is 3.43. The van der Waals surface area contributed by atoms with Crippen LogP contribution in [-0.2, 0) is 11.0 Å². The zero-order valence-corrected chi connectivity index (χ0v) is 11.2. The quantitative estimate of drug-likeness (QED) is 0.527. The molecular weight excluding hydrogens is 309 g/mol. The van der Waals surface area contributed by atoms with Crippen LogP contribution in [0.3, 0.4) is 0 Å². The summed E-state index contributed by atoms with van der Waals surface area (Å²) in [5.74, 6) is -0.146. The van der Waals surface area contributed by atoms with Crippen LogP contribution in [0.2, 0.25) is 0 Å². The molecule has 0 bridgehead atoms. The second-order valence-electron chi connectivity index (χ2n) is 3.48. The zero-order valence-electron chi connectivity index (χ0n) is 9.66. The Morgan fingerprint density at radius 3 is 2.58 bits per heavy atom. The summed E-state index contributed by atoms with van der Waals surface area (Å²) >= 11 is 5.77. The van der Waals surface area contributed by atoms with Crippen LogP contribution in [-0.4, -0.2) is 21.5 Å². The van der Waals surface area contributed by atoms with Crippen molar-refractivity contribution in [1.82, 2.24) is 10.2 Å². The Bertz CT molecular complexity index is 489. The maximum atomic E-state index is 12.2. The lowest BCUT2D eigenvalue weighted by Crippen LogP contribution is -2.12. The van der Waals surface area contributed by atoms with Crippen molar-refractivity contribution in [2.75, 3.05) is 5.32 Å². The highest BCUT2D eigenvalue weighted by Crippen LogP contribution is 2.32. The first-order chi connectivity index (χ1) is 8.70. The molecule has 0 spiro atoms. The van der Waals surface area contributed by atoms with Gasteiger partial charge in [-0.25, -0.2) is 4.79 Å². The van der Waals surface area contributed by atoms with Crippen molar-refractivity contribution >= 4 is 39.3 Å². The molecule has 1 aromatic rings. The van der Waals surface area contributed by atoms with Gasteiger partial charge in [0.15, 0.2) is 0 Å². The van der Waals surface area contributed by atoms with Gasteiger partial charge >= 0.3 is 12.3 Å². The number of nitrogens with zero attached hydrogens (tertiary/aromatic N) is 3. The van der Waals surface area contributed by atoms with Gasteiger partial charge in [0.1, 0.15) is 5.17 Å². The van der Waals surface area contributed by atoms with Crippen molar-refractivity contribution in [3.05, 3.63) is 5.01 Å². The Hall–Kier alpha value is -1.42. The Labute approximate surface area is 114 Å². The molecule has 6 nitrogen and oxygen atoms in total. The van der Waals surface area contributed by atoms with Crippen LogP contribution >= 0.6 is 22.9 Å².